The molecule has 0 aliphatic heterocycles. The summed E-state index contributed by atoms with van der Waals surface area (Å²) in [6, 6.07) is 0. The fourth-order valence-electron chi connectivity index (χ4n) is 1.41. The van der Waals surface area contributed by atoms with Crippen LogP contribution in [0.25, 0.3) is 0 Å². The maximum atomic E-state index is 3.97. The van der Waals surface area contributed by atoms with Crippen LogP contribution in [0.15, 0.2) is 12.3 Å². The first kappa shape index (κ1) is 12.5. The SMILES string of the molecule is C=C(CCCCCC(C)C)NCC. The first-order valence-electron chi connectivity index (χ1n) is 5.58. The summed E-state index contributed by atoms with van der Waals surface area (Å²) in [5, 5.41) is 3.25. The molecule has 1 nitrogen and oxygen atoms in total. The van der Waals surface area contributed by atoms with Gasteiger partial charge in [-0.25, -0.2) is 0 Å². The Hall–Kier alpha value is -0.460. The van der Waals surface area contributed by atoms with Crippen LogP contribution in [0.2, 0.25) is 0 Å². The van der Waals surface area contributed by atoms with Gasteiger partial charge in [0.15, 0.2) is 0 Å². The Labute approximate surface area is 83.6 Å². The van der Waals surface area contributed by atoms with Gasteiger partial charge in [-0.3, -0.25) is 0 Å². The lowest BCUT2D eigenvalue weighted by molar-refractivity contribution is 0.524. The number of unbranched alkanes of at least 4 members (excludes halogenated alkanes) is 2. The summed E-state index contributed by atoms with van der Waals surface area (Å²) in [7, 11) is 0. The largest absolute Gasteiger partial charge is 0.389 e. The van der Waals surface area contributed by atoms with E-state index < -0.39 is 0 Å². The van der Waals surface area contributed by atoms with Crippen LogP contribution in [0.3, 0.4) is 0 Å². The number of hydrogen-bond donors (Lipinski definition) is 1. The highest BCUT2D eigenvalue weighted by Crippen LogP contribution is 2.10. The summed E-state index contributed by atoms with van der Waals surface area (Å²) in [5.74, 6) is 0.858. The molecule has 0 aromatic heterocycles. The Bertz CT molecular complexity index is 127. The zero-order valence-corrected chi connectivity index (χ0v) is 9.53. The molecule has 0 amide bonds. The molecule has 0 spiro atoms. The van der Waals surface area contributed by atoms with E-state index in [0.717, 1.165) is 18.9 Å². The van der Waals surface area contributed by atoms with Crippen molar-refractivity contribution in [3.63, 3.8) is 0 Å². The third-order valence-electron chi connectivity index (χ3n) is 2.19. The van der Waals surface area contributed by atoms with Crippen molar-refractivity contribution < 1.29 is 0 Å². The second-order valence-corrected chi connectivity index (χ2v) is 4.13. The molecule has 0 saturated heterocycles. The Morgan fingerprint density at radius 3 is 2.46 bits per heavy atom. The van der Waals surface area contributed by atoms with E-state index in [1.807, 2.05) is 0 Å². The van der Waals surface area contributed by atoms with Crippen LogP contribution in [0, 0.1) is 5.92 Å². The Balaban J connectivity index is 3.11. The van der Waals surface area contributed by atoms with Crippen LogP contribution in [0.5, 0.6) is 0 Å². The second-order valence-electron chi connectivity index (χ2n) is 4.13. The minimum Gasteiger partial charge on any atom is -0.389 e. The lowest BCUT2D eigenvalue weighted by Crippen LogP contribution is -2.10. The molecule has 0 bridgehead atoms. The highest BCUT2D eigenvalue weighted by atomic mass is 14.9. The predicted molar refractivity (Wildman–Crippen MR) is 60.7 cm³/mol. The molecule has 0 unspecified atom stereocenters. The first-order valence-corrected chi connectivity index (χ1v) is 5.58. The topological polar surface area (TPSA) is 12.0 Å². The molecule has 0 atom stereocenters. The van der Waals surface area contributed by atoms with Crippen molar-refractivity contribution >= 4 is 0 Å². The number of rotatable bonds is 8. The monoisotopic (exact) mass is 183 g/mol. The van der Waals surface area contributed by atoms with Gasteiger partial charge in [0, 0.05) is 12.2 Å². The van der Waals surface area contributed by atoms with Crippen molar-refractivity contribution in [3.05, 3.63) is 12.3 Å². The van der Waals surface area contributed by atoms with Crippen molar-refractivity contribution in [1.82, 2.24) is 5.32 Å². The highest BCUT2D eigenvalue weighted by Gasteiger charge is 1.95. The van der Waals surface area contributed by atoms with Crippen LogP contribution in [0.4, 0.5) is 0 Å². The van der Waals surface area contributed by atoms with E-state index >= 15 is 0 Å². The van der Waals surface area contributed by atoms with Crippen molar-refractivity contribution in [2.75, 3.05) is 6.54 Å². The van der Waals surface area contributed by atoms with Gasteiger partial charge in [-0.15, -0.1) is 0 Å². The van der Waals surface area contributed by atoms with Gasteiger partial charge in [-0.1, -0.05) is 39.7 Å². The van der Waals surface area contributed by atoms with E-state index in [9.17, 15) is 0 Å². The van der Waals surface area contributed by atoms with E-state index in [1.165, 1.54) is 31.4 Å². The molecule has 0 heterocycles. The minimum absolute atomic E-state index is 0.858. The summed E-state index contributed by atoms with van der Waals surface area (Å²) in [5.41, 5.74) is 1.20. The zero-order valence-electron chi connectivity index (χ0n) is 9.53. The Morgan fingerprint density at radius 1 is 1.23 bits per heavy atom. The fraction of sp³-hybridized carbons (Fsp3) is 0.833. The maximum Gasteiger partial charge on any atom is 0.0115 e. The number of hydrogen-bond acceptors (Lipinski definition) is 1. The van der Waals surface area contributed by atoms with E-state index in [1.54, 1.807) is 0 Å². The van der Waals surface area contributed by atoms with Crippen molar-refractivity contribution in [2.24, 2.45) is 5.92 Å². The van der Waals surface area contributed by atoms with E-state index in [2.05, 4.69) is 32.7 Å². The lowest BCUT2D eigenvalue weighted by atomic mass is 10.0. The second kappa shape index (κ2) is 8.15. The molecular weight excluding hydrogens is 158 g/mol. The molecule has 0 rings (SSSR count). The molecular formula is C12H25N. The van der Waals surface area contributed by atoms with Crippen molar-refractivity contribution in [2.45, 2.75) is 52.9 Å². The summed E-state index contributed by atoms with van der Waals surface area (Å²) < 4.78 is 0. The standard InChI is InChI=1S/C12H25N/c1-5-13-12(4)10-8-6-7-9-11(2)3/h11,13H,4-10H2,1-3H3. The minimum atomic E-state index is 0.858. The van der Waals surface area contributed by atoms with Gasteiger partial charge in [0.25, 0.3) is 0 Å². The Kier molecular flexibility index (Phi) is 7.86. The fourth-order valence-corrected chi connectivity index (χ4v) is 1.41. The average molecular weight is 183 g/mol. The van der Waals surface area contributed by atoms with Gasteiger partial charge in [0.1, 0.15) is 0 Å². The Morgan fingerprint density at radius 2 is 1.92 bits per heavy atom. The summed E-state index contributed by atoms with van der Waals surface area (Å²) in [6.45, 7) is 11.7. The molecule has 78 valence electrons. The normalized spacial score (nSPS) is 10.5. The van der Waals surface area contributed by atoms with Gasteiger partial charge in [-0.05, 0) is 25.7 Å². The third-order valence-corrected chi connectivity index (χ3v) is 2.19. The van der Waals surface area contributed by atoms with Gasteiger partial charge in [-0.2, -0.15) is 0 Å². The number of nitrogens with one attached hydrogen (secondary N) is 1. The van der Waals surface area contributed by atoms with Crippen LogP contribution in [-0.2, 0) is 0 Å². The lowest BCUT2D eigenvalue weighted by Gasteiger charge is -2.07. The predicted octanol–water partition coefficient (Wildman–Crippen LogP) is 3.72. The summed E-state index contributed by atoms with van der Waals surface area (Å²) in [6.07, 6.45) is 6.53. The average Bonchev–Trinajstić information content (AvgIpc) is 2.03. The molecule has 0 fully saturated rings. The van der Waals surface area contributed by atoms with Crippen LogP contribution < -0.4 is 5.32 Å². The maximum absolute atomic E-state index is 3.97. The highest BCUT2D eigenvalue weighted by molar-refractivity contribution is 4.89. The van der Waals surface area contributed by atoms with E-state index in [4.69, 9.17) is 0 Å². The number of allylic oxidation sites excluding steroid dienone is 1. The van der Waals surface area contributed by atoms with Crippen LogP contribution in [0.1, 0.15) is 52.9 Å². The molecule has 0 radical (unpaired) electrons. The van der Waals surface area contributed by atoms with E-state index in [-0.39, 0.29) is 0 Å². The van der Waals surface area contributed by atoms with Gasteiger partial charge in [0.05, 0.1) is 0 Å². The summed E-state index contributed by atoms with van der Waals surface area (Å²) in [4.78, 5) is 0. The molecule has 0 aromatic carbocycles. The van der Waals surface area contributed by atoms with Crippen LogP contribution >= 0.6 is 0 Å². The molecule has 13 heavy (non-hydrogen) atoms. The van der Waals surface area contributed by atoms with Gasteiger partial charge >= 0.3 is 0 Å². The van der Waals surface area contributed by atoms with Crippen molar-refractivity contribution in [1.29, 1.82) is 0 Å². The smallest absolute Gasteiger partial charge is 0.0115 e. The molecule has 0 aromatic rings. The third kappa shape index (κ3) is 9.45. The van der Waals surface area contributed by atoms with E-state index in [0.29, 0.717) is 0 Å². The van der Waals surface area contributed by atoms with Gasteiger partial charge < -0.3 is 5.32 Å². The van der Waals surface area contributed by atoms with Crippen LogP contribution in [-0.4, -0.2) is 6.54 Å². The van der Waals surface area contributed by atoms with Crippen molar-refractivity contribution in [3.8, 4) is 0 Å². The molecule has 1 N–H and O–H groups in total. The molecule has 0 aliphatic rings. The van der Waals surface area contributed by atoms with Gasteiger partial charge in [0.2, 0.25) is 0 Å². The quantitative estimate of drug-likeness (QED) is 0.566. The zero-order chi connectivity index (χ0) is 10.1. The first-order chi connectivity index (χ1) is 6.16. The molecule has 0 aliphatic carbocycles. The molecule has 0 saturated carbocycles. The summed E-state index contributed by atoms with van der Waals surface area (Å²) >= 11 is 0. The molecule has 1 heteroatoms.